The molecule has 1 heterocycles. The number of hydrogen-bond donors (Lipinski definition) is 1. The topological polar surface area (TPSA) is 30.9 Å². The summed E-state index contributed by atoms with van der Waals surface area (Å²) >= 11 is 0.00479. The van der Waals surface area contributed by atoms with Gasteiger partial charge in [-0.25, -0.2) is 0 Å². The van der Waals surface area contributed by atoms with Gasteiger partial charge in [-0.15, -0.1) is 0 Å². The van der Waals surface area contributed by atoms with Crippen molar-refractivity contribution in [2.45, 2.75) is 18.6 Å². The van der Waals surface area contributed by atoms with E-state index in [4.69, 9.17) is 5.73 Å². The van der Waals surface area contributed by atoms with Crippen LogP contribution in [0.25, 0.3) is 10.9 Å². The van der Waals surface area contributed by atoms with Crippen LogP contribution < -0.4 is 5.73 Å². The first-order valence-electron chi connectivity index (χ1n) is 5.48. The van der Waals surface area contributed by atoms with E-state index in [1.807, 2.05) is 35.0 Å². The van der Waals surface area contributed by atoms with Crippen molar-refractivity contribution in [3.63, 3.8) is 0 Å². The van der Waals surface area contributed by atoms with Gasteiger partial charge in [-0.2, -0.15) is 13.2 Å². The zero-order valence-corrected chi connectivity index (χ0v) is 10.4. The standard InChI is InChI=1S/C12H13F3N2S/c13-12(14,15)18-6-5-17-4-3-10-2-1-9(8-16)7-11(10)17/h1-4,7H,5-6,8,16H2. The fourth-order valence-electron chi connectivity index (χ4n) is 1.81. The highest BCUT2D eigenvalue weighted by molar-refractivity contribution is 8.00. The van der Waals surface area contributed by atoms with Gasteiger partial charge in [-0.1, -0.05) is 12.1 Å². The lowest BCUT2D eigenvalue weighted by atomic mass is 10.2. The second kappa shape index (κ2) is 5.24. The smallest absolute Gasteiger partial charge is 0.347 e. The van der Waals surface area contributed by atoms with Crippen molar-refractivity contribution in [3.8, 4) is 0 Å². The number of nitrogens with two attached hydrogens (primary N) is 1. The van der Waals surface area contributed by atoms with Crippen molar-refractivity contribution in [3.05, 3.63) is 36.0 Å². The predicted molar refractivity (Wildman–Crippen MR) is 68.3 cm³/mol. The van der Waals surface area contributed by atoms with E-state index in [2.05, 4.69) is 0 Å². The van der Waals surface area contributed by atoms with Crippen LogP contribution in [0, 0.1) is 0 Å². The van der Waals surface area contributed by atoms with Crippen LogP contribution in [-0.2, 0) is 13.1 Å². The Labute approximate surface area is 107 Å². The first kappa shape index (κ1) is 13.3. The largest absolute Gasteiger partial charge is 0.441 e. The maximum atomic E-state index is 12.1. The van der Waals surface area contributed by atoms with Crippen LogP contribution >= 0.6 is 11.8 Å². The van der Waals surface area contributed by atoms with Gasteiger partial charge in [0.05, 0.1) is 0 Å². The van der Waals surface area contributed by atoms with Crippen LogP contribution in [0.5, 0.6) is 0 Å². The van der Waals surface area contributed by atoms with Gasteiger partial charge in [0.15, 0.2) is 0 Å². The second-order valence-corrected chi connectivity index (χ2v) is 5.06. The summed E-state index contributed by atoms with van der Waals surface area (Å²) in [5.41, 5.74) is 3.30. The molecule has 0 fully saturated rings. The fourth-order valence-corrected chi connectivity index (χ4v) is 2.33. The maximum absolute atomic E-state index is 12.1. The quantitative estimate of drug-likeness (QED) is 0.927. The number of halogens is 3. The number of aryl methyl sites for hydroxylation is 1. The highest BCUT2D eigenvalue weighted by atomic mass is 32.2. The molecule has 2 rings (SSSR count). The molecule has 98 valence electrons. The minimum absolute atomic E-state index is 0.00479. The summed E-state index contributed by atoms with van der Waals surface area (Å²) in [6, 6.07) is 7.68. The Hall–Kier alpha value is -1.14. The number of fused-ring (bicyclic) bond motifs is 1. The Morgan fingerprint density at radius 3 is 2.67 bits per heavy atom. The Morgan fingerprint density at radius 1 is 1.22 bits per heavy atom. The third-order valence-corrected chi connectivity index (χ3v) is 3.39. The van der Waals surface area contributed by atoms with Gasteiger partial charge in [0.1, 0.15) is 0 Å². The first-order chi connectivity index (χ1) is 8.49. The molecule has 0 bridgehead atoms. The van der Waals surface area contributed by atoms with Crippen molar-refractivity contribution < 1.29 is 13.2 Å². The second-order valence-electron chi connectivity index (χ2n) is 3.90. The minimum Gasteiger partial charge on any atom is -0.347 e. The molecule has 0 aliphatic heterocycles. The van der Waals surface area contributed by atoms with Crippen LogP contribution in [0.4, 0.5) is 13.2 Å². The van der Waals surface area contributed by atoms with E-state index in [1.54, 1.807) is 0 Å². The average Bonchev–Trinajstić information content (AvgIpc) is 2.70. The van der Waals surface area contributed by atoms with Crippen molar-refractivity contribution >= 4 is 22.7 Å². The minimum atomic E-state index is -4.16. The Kier molecular flexibility index (Phi) is 3.87. The number of rotatable bonds is 4. The van der Waals surface area contributed by atoms with Crippen LogP contribution in [0.1, 0.15) is 5.56 Å². The maximum Gasteiger partial charge on any atom is 0.441 e. The molecule has 1 aromatic heterocycles. The molecule has 0 saturated heterocycles. The summed E-state index contributed by atoms with van der Waals surface area (Å²) in [4.78, 5) is 0. The molecule has 2 nitrogen and oxygen atoms in total. The Balaban J connectivity index is 2.13. The molecule has 0 saturated carbocycles. The van der Waals surface area contributed by atoms with Gasteiger partial charge < -0.3 is 10.3 Å². The molecule has 0 amide bonds. The average molecular weight is 274 g/mol. The number of aromatic nitrogens is 1. The van der Waals surface area contributed by atoms with E-state index < -0.39 is 5.51 Å². The van der Waals surface area contributed by atoms with E-state index >= 15 is 0 Å². The van der Waals surface area contributed by atoms with Crippen LogP contribution in [0.15, 0.2) is 30.5 Å². The van der Waals surface area contributed by atoms with E-state index in [0.717, 1.165) is 16.5 Å². The molecule has 0 spiro atoms. The van der Waals surface area contributed by atoms with Gasteiger partial charge in [-0.05, 0) is 34.8 Å². The highest BCUT2D eigenvalue weighted by Crippen LogP contribution is 2.30. The summed E-state index contributed by atoms with van der Waals surface area (Å²) in [6.45, 7) is 0.764. The van der Waals surface area contributed by atoms with E-state index in [0.29, 0.717) is 13.1 Å². The molecule has 1 aromatic carbocycles. The summed E-state index contributed by atoms with van der Waals surface area (Å²) in [6.07, 6.45) is 1.81. The van der Waals surface area contributed by atoms with E-state index in [-0.39, 0.29) is 17.5 Å². The van der Waals surface area contributed by atoms with Crippen molar-refractivity contribution in [1.29, 1.82) is 0 Å². The number of hydrogen-bond acceptors (Lipinski definition) is 2. The van der Waals surface area contributed by atoms with Crippen molar-refractivity contribution in [2.24, 2.45) is 5.73 Å². The molecule has 18 heavy (non-hydrogen) atoms. The lowest BCUT2D eigenvalue weighted by Crippen LogP contribution is -2.06. The zero-order chi connectivity index (χ0) is 13.2. The molecule has 0 aliphatic rings. The van der Waals surface area contributed by atoms with Crippen LogP contribution in [0.2, 0.25) is 0 Å². The highest BCUT2D eigenvalue weighted by Gasteiger charge is 2.27. The molecule has 2 aromatic rings. The van der Waals surface area contributed by atoms with E-state index in [1.165, 1.54) is 0 Å². The molecule has 6 heteroatoms. The number of benzene rings is 1. The lowest BCUT2D eigenvalue weighted by molar-refractivity contribution is -0.0328. The predicted octanol–water partition coefficient (Wildman–Crippen LogP) is 3.35. The Bertz CT molecular complexity index is 534. The SMILES string of the molecule is NCc1ccc2ccn(CCSC(F)(F)F)c2c1. The number of thioether (sulfide) groups is 1. The third kappa shape index (κ3) is 3.20. The summed E-state index contributed by atoms with van der Waals surface area (Å²) in [5.74, 6) is 0.0140. The fraction of sp³-hybridized carbons (Fsp3) is 0.333. The normalized spacial score (nSPS) is 12.2. The Morgan fingerprint density at radius 2 is 2.00 bits per heavy atom. The van der Waals surface area contributed by atoms with Gasteiger partial charge >= 0.3 is 5.51 Å². The summed E-state index contributed by atoms with van der Waals surface area (Å²) in [5, 5.41) is 1.02. The van der Waals surface area contributed by atoms with Crippen LogP contribution in [-0.4, -0.2) is 15.8 Å². The summed E-state index contributed by atoms with van der Waals surface area (Å²) < 4.78 is 38.0. The monoisotopic (exact) mass is 274 g/mol. The molecule has 0 aliphatic carbocycles. The van der Waals surface area contributed by atoms with Gasteiger partial charge in [0, 0.05) is 30.6 Å². The first-order valence-corrected chi connectivity index (χ1v) is 6.47. The van der Waals surface area contributed by atoms with Crippen LogP contribution in [0.3, 0.4) is 0 Å². The molecular formula is C12H13F3N2S. The third-order valence-electron chi connectivity index (χ3n) is 2.67. The zero-order valence-electron chi connectivity index (χ0n) is 9.57. The molecular weight excluding hydrogens is 261 g/mol. The van der Waals surface area contributed by atoms with Crippen molar-refractivity contribution in [2.75, 3.05) is 5.75 Å². The number of nitrogens with zero attached hydrogens (tertiary/aromatic N) is 1. The summed E-state index contributed by atoms with van der Waals surface area (Å²) in [7, 11) is 0. The molecule has 0 radical (unpaired) electrons. The molecule has 0 unspecified atom stereocenters. The molecule has 2 N–H and O–H groups in total. The van der Waals surface area contributed by atoms with Gasteiger partial charge in [-0.3, -0.25) is 0 Å². The lowest BCUT2D eigenvalue weighted by Gasteiger charge is -2.08. The van der Waals surface area contributed by atoms with Gasteiger partial charge in [0.2, 0.25) is 0 Å². The van der Waals surface area contributed by atoms with Crippen molar-refractivity contribution in [1.82, 2.24) is 4.57 Å². The van der Waals surface area contributed by atoms with Gasteiger partial charge in [0.25, 0.3) is 0 Å². The van der Waals surface area contributed by atoms with E-state index in [9.17, 15) is 13.2 Å². The number of alkyl halides is 3. The molecule has 0 atom stereocenters.